The normalized spacial score (nSPS) is 11.3. The zero-order valence-electron chi connectivity index (χ0n) is 12.8. The van der Waals surface area contributed by atoms with E-state index >= 15 is 0 Å². The number of rotatable bonds is 3. The molecule has 0 saturated carbocycles. The molecule has 3 aromatic rings. The van der Waals surface area contributed by atoms with E-state index < -0.39 is 0 Å². The van der Waals surface area contributed by atoms with Gasteiger partial charge in [0.15, 0.2) is 0 Å². The van der Waals surface area contributed by atoms with Gasteiger partial charge in [0.25, 0.3) is 0 Å². The minimum absolute atomic E-state index is 0.548. The quantitative estimate of drug-likeness (QED) is 0.724. The Kier molecular flexibility index (Phi) is 3.64. The molecule has 4 heteroatoms. The monoisotopic (exact) mass is 297 g/mol. The predicted molar refractivity (Wildman–Crippen MR) is 90.7 cm³/mol. The van der Waals surface area contributed by atoms with E-state index in [-0.39, 0.29) is 0 Å². The Labute approximate surface area is 129 Å². The third-order valence-corrected chi connectivity index (χ3v) is 4.92. The molecule has 0 aliphatic heterocycles. The maximum Gasteiger partial charge on any atom is 0.142 e. The first-order chi connectivity index (χ1) is 10.1. The number of aryl methyl sites for hydroxylation is 2. The number of fused-ring (bicyclic) bond motifs is 1. The molecule has 1 N–H and O–H groups in total. The average molecular weight is 297 g/mol. The second-order valence-electron chi connectivity index (χ2n) is 5.59. The zero-order valence-corrected chi connectivity index (χ0v) is 13.6. The maximum absolute atomic E-state index is 4.42. The smallest absolute Gasteiger partial charge is 0.142 e. The third kappa shape index (κ3) is 2.63. The second kappa shape index (κ2) is 5.45. The summed E-state index contributed by atoms with van der Waals surface area (Å²) in [6.07, 6.45) is 1.63. The van der Waals surface area contributed by atoms with Crippen molar-refractivity contribution in [2.75, 3.05) is 5.32 Å². The highest BCUT2D eigenvalue weighted by atomic mass is 32.1. The molecule has 0 fully saturated rings. The lowest BCUT2D eigenvalue weighted by molar-refractivity contribution is 0.867. The van der Waals surface area contributed by atoms with E-state index in [4.69, 9.17) is 0 Å². The summed E-state index contributed by atoms with van der Waals surface area (Å²) < 4.78 is 0. The number of hydrogen-bond donors (Lipinski definition) is 1. The fourth-order valence-corrected chi connectivity index (χ4v) is 3.36. The summed E-state index contributed by atoms with van der Waals surface area (Å²) in [6, 6.07) is 8.55. The SMILES string of the molecule is Cc1sc2ncnc(Nc3ccc(C(C)C)cc3)c2c1C. The van der Waals surface area contributed by atoms with Gasteiger partial charge >= 0.3 is 0 Å². The van der Waals surface area contributed by atoms with Crippen molar-refractivity contribution in [3.63, 3.8) is 0 Å². The molecule has 0 aliphatic carbocycles. The van der Waals surface area contributed by atoms with E-state index in [9.17, 15) is 0 Å². The van der Waals surface area contributed by atoms with Gasteiger partial charge in [-0.3, -0.25) is 0 Å². The van der Waals surface area contributed by atoms with Crippen LogP contribution in [0.3, 0.4) is 0 Å². The summed E-state index contributed by atoms with van der Waals surface area (Å²) in [5, 5.41) is 4.56. The van der Waals surface area contributed by atoms with Gasteiger partial charge in [0.05, 0.1) is 5.39 Å². The van der Waals surface area contributed by atoms with Gasteiger partial charge in [-0.05, 0) is 43.0 Å². The van der Waals surface area contributed by atoms with Crippen LogP contribution in [0, 0.1) is 13.8 Å². The molecule has 0 aliphatic rings. The number of thiophene rings is 1. The summed E-state index contributed by atoms with van der Waals surface area (Å²) in [4.78, 5) is 11.1. The molecule has 2 aromatic heterocycles. The summed E-state index contributed by atoms with van der Waals surface area (Å²) >= 11 is 1.72. The molecular weight excluding hydrogens is 278 g/mol. The lowest BCUT2D eigenvalue weighted by Crippen LogP contribution is -1.96. The van der Waals surface area contributed by atoms with Crippen molar-refractivity contribution >= 4 is 33.1 Å². The summed E-state index contributed by atoms with van der Waals surface area (Å²) in [5.74, 6) is 1.44. The molecule has 3 nitrogen and oxygen atoms in total. The molecule has 2 heterocycles. The van der Waals surface area contributed by atoms with E-state index in [1.54, 1.807) is 17.7 Å². The Morgan fingerprint density at radius 2 is 1.76 bits per heavy atom. The topological polar surface area (TPSA) is 37.8 Å². The molecule has 1 aromatic carbocycles. The number of nitrogens with one attached hydrogen (secondary N) is 1. The van der Waals surface area contributed by atoms with Crippen LogP contribution >= 0.6 is 11.3 Å². The number of aromatic nitrogens is 2. The molecule has 0 radical (unpaired) electrons. The highest BCUT2D eigenvalue weighted by Crippen LogP contribution is 2.33. The van der Waals surface area contributed by atoms with Gasteiger partial charge in [-0.2, -0.15) is 0 Å². The zero-order chi connectivity index (χ0) is 15.0. The van der Waals surface area contributed by atoms with E-state index in [1.165, 1.54) is 16.0 Å². The van der Waals surface area contributed by atoms with Gasteiger partial charge in [0.2, 0.25) is 0 Å². The van der Waals surface area contributed by atoms with Crippen LogP contribution in [0.4, 0.5) is 11.5 Å². The Balaban J connectivity index is 1.98. The lowest BCUT2D eigenvalue weighted by Gasteiger charge is -2.09. The van der Waals surface area contributed by atoms with Crippen LogP contribution in [0.25, 0.3) is 10.2 Å². The summed E-state index contributed by atoms with van der Waals surface area (Å²) in [5.41, 5.74) is 3.66. The van der Waals surface area contributed by atoms with Crippen molar-refractivity contribution in [2.45, 2.75) is 33.6 Å². The van der Waals surface area contributed by atoms with Crippen molar-refractivity contribution < 1.29 is 0 Å². The third-order valence-electron chi connectivity index (χ3n) is 3.81. The first kappa shape index (κ1) is 14.0. The molecule has 0 unspecified atom stereocenters. The van der Waals surface area contributed by atoms with Gasteiger partial charge in [0, 0.05) is 10.6 Å². The van der Waals surface area contributed by atoms with Crippen molar-refractivity contribution in [1.82, 2.24) is 9.97 Å². The van der Waals surface area contributed by atoms with E-state index in [1.807, 2.05) is 0 Å². The Morgan fingerprint density at radius 1 is 1.05 bits per heavy atom. The lowest BCUT2D eigenvalue weighted by atomic mass is 10.0. The largest absolute Gasteiger partial charge is 0.340 e. The number of nitrogens with zero attached hydrogens (tertiary/aromatic N) is 2. The van der Waals surface area contributed by atoms with Crippen molar-refractivity contribution in [2.24, 2.45) is 0 Å². The fraction of sp³-hybridized carbons (Fsp3) is 0.294. The van der Waals surface area contributed by atoms with Gasteiger partial charge in [0.1, 0.15) is 17.0 Å². The van der Waals surface area contributed by atoms with Crippen LogP contribution in [0.15, 0.2) is 30.6 Å². The molecule has 0 amide bonds. The van der Waals surface area contributed by atoms with Crippen molar-refractivity contribution in [3.8, 4) is 0 Å². The minimum Gasteiger partial charge on any atom is -0.340 e. The average Bonchev–Trinajstić information content (AvgIpc) is 2.76. The van der Waals surface area contributed by atoms with Gasteiger partial charge in [-0.15, -0.1) is 11.3 Å². The number of anilines is 2. The molecule has 21 heavy (non-hydrogen) atoms. The van der Waals surface area contributed by atoms with Gasteiger partial charge in [-0.1, -0.05) is 26.0 Å². The molecular formula is C17H19N3S. The maximum atomic E-state index is 4.42. The van der Waals surface area contributed by atoms with E-state index in [0.717, 1.165) is 21.7 Å². The van der Waals surface area contributed by atoms with Crippen LogP contribution in [-0.2, 0) is 0 Å². The molecule has 0 saturated heterocycles. The fourth-order valence-electron chi connectivity index (χ4n) is 2.37. The van der Waals surface area contributed by atoms with Crippen molar-refractivity contribution in [1.29, 1.82) is 0 Å². The van der Waals surface area contributed by atoms with Crippen LogP contribution in [0.2, 0.25) is 0 Å². The highest BCUT2D eigenvalue weighted by molar-refractivity contribution is 7.18. The molecule has 0 bridgehead atoms. The standard InChI is InChI=1S/C17H19N3S/c1-10(2)13-5-7-14(8-6-13)20-16-15-11(3)12(4)21-17(15)19-9-18-16/h5-10H,1-4H3,(H,18,19,20). The Morgan fingerprint density at radius 3 is 2.43 bits per heavy atom. The number of hydrogen-bond acceptors (Lipinski definition) is 4. The molecule has 0 atom stereocenters. The van der Waals surface area contributed by atoms with Crippen LogP contribution < -0.4 is 5.32 Å². The first-order valence-corrected chi connectivity index (χ1v) is 7.95. The molecule has 0 spiro atoms. The summed E-state index contributed by atoms with van der Waals surface area (Å²) in [7, 11) is 0. The summed E-state index contributed by atoms with van der Waals surface area (Å²) in [6.45, 7) is 8.66. The molecule has 108 valence electrons. The van der Waals surface area contributed by atoms with Crippen LogP contribution in [0.5, 0.6) is 0 Å². The van der Waals surface area contributed by atoms with E-state index in [0.29, 0.717) is 5.92 Å². The second-order valence-corrected chi connectivity index (χ2v) is 6.79. The van der Waals surface area contributed by atoms with Gasteiger partial charge in [-0.25, -0.2) is 9.97 Å². The Hall–Kier alpha value is -1.94. The van der Waals surface area contributed by atoms with E-state index in [2.05, 4.69) is 67.2 Å². The predicted octanol–water partition coefficient (Wildman–Crippen LogP) is 5.18. The Bertz CT molecular complexity index is 773. The van der Waals surface area contributed by atoms with Gasteiger partial charge < -0.3 is 5.32 Å². The highest BCUT2D eigenvalue weighted by Gasteiger charge is 2.12. The first-order valence-electron chi connectivity index (χ1n) is 7.14. The molecule has 3 rings (SSSR count). The number of benzene rings is 1. The van der Waals surface area contributed by atoms with Crippen LogP contribution in [0.1, 0.15) is 35.8 Å². The van der Waals surface area contributed by atoms with Crippen molar-refractivity contribution in [3.05, 3.63) is 46.6 Å². The van der Waals surface area contributed by atoms with Crippen LogP contribution in [-0.4, -0.2) is 9.97 Å². The minimum atomic E-state index is 0.548.